The van der Waals surface area contributed by atoms with Crippen LogP contribution in [0.25, 0.3) is 0 Å². The minimum atomic E-state index is -0.833. The average Bonchev–Trinajstić information content (AvgIpc) is 3.01. The second kappa shape index (κ2) is 15.3. The molecule has 222 valence electrons. The fourth-order valence-corrected chi connectivity index (χ4v) is 4.91. The summed E-state index contributed by atoms with van der Waals surface area (Å²) in [6.45, 7) is 5.27. The van der Waals surface area contributed by atoms with Crippen LogP contribution < -0.4 is 10.6 Å². The van der Waals surface area contributed by atoms with Crippen LogP contribution in [0.3, 0.4) is 0 Å². The number of nitrogens with one attached hydrogen (secondary N) is 2. The van der Waals surface area contributed by atoms with Gasteiger partial charge in [0.2, 0.25) is 0 Å². The van der Waals surface area contributed by atoms with Crippen molar-refractivity contribution in [2.24, 2.45) is 0 Å². The Morgan fingerprint density at radius 1 is 1.02 bits per heavy atom. The molecule has 9 nitrogen and oxygen atoms in total. The van der Waals surface area contributed by atoms with Crippen LogP contribution in [0.5, 0.6) is 0 Å². The van der Waals surface area contributed by atoms with Gasteiger partial charge < -0.3 is 34.9 Å². The number of urea groups is 1. The number of methoxy groups -OCH3 is 1. The maximum absolute atomic E-state index is 12.8. The van der Waals surface area contributed by atoms with Gasteiger partial charge in [-0.15, -0.1) is 6.58 Å². The topological polar surface area (TPSA) is 109 Å². The van der Waals surface area contributed by atoms with E-state index < -0.39 is 24.3 Å². The van der Waals surface area contributed by atoms with Crippen molar-refractivity contribution in [2.45, 2.75) is 44.0 Å². The van der Waals surface area contributed by atoms with Gasteiger partial charge in [-0.25, -0.2) is 9.59 Å². The number of hydrogen-bond donors (Lipinski definition) is 3. The molecule has 1 aliphatic heterocycles. The summed E-state index contributed by atoms with van der Waals surface area (Å²) >= 11 is 0. The summed E-state index contributed by atoms with van der Waals surface area (Å²) in [6, 6.07) is 23.1. The Hall–Kier alpha value is -4.02. The van der Waals surface area contributed by atoms with Crippen LogP contribution in [0.15, 0.2) is 91.5 Å². The standard InChI is InChI=1S/C33H39N3O6/c1-4-18-36(2)21-28-20-30(25-12-10-24(22-37)11-13-25)42-32(41-28)26-14-16-27(17-15-26)34-33(39)35-29(31(38)40-3)19-23-8-6-5-7-9-23/h4-17,28-30,32,37H,1,18-22H2,2-3H3,(H2,34,35,39)/t28-,29-,30+,32+/m0/s1. The summed E-state index contributed by atoms with van der Waals surface area (Å²) in [5.74, 6) is -0.523. The number of ether oxygens (including phenoxy) is 3. The smallest absolute Gasteiger partial charge is 0.328 e. The molecule has 0 saturated carbocycles. The van der Waals surface area contributed by atoms with E-state index in [2.05, 4.69) is 22.1 Å². The lowest BCUT2D eigenvalue weighted by Crippen LogP contribution is -2.45. The molecular formula is C33H39N3O6. The molecule has 1 saturated heterocycles. The zero-order valence-corrected chi connectivity index (χ0v) is 24.1. The third kappa shape index (κ3) is 8.74. The summed E-state index contributed by atoms with van der Waals surface area (Å²) in [7, 11) is 3.32. The number of nitrogens with zero attached hydrogens (tertiary/aromatic N) is 1. The first kappa shape index (κ1) is 30.9. The van der Waals surface area contributed by atoms with Gasteiger partial charge in [0.25, 0.3) is 0 Å². The molecule has 1 fully saturated rings. The molecule has 4 rings (SSSR count). The number of benzene rings is 3. The lowest BCUT2D eigenvalue weighted by atomic mass is 9.99. The molecule has 9 heteroatoms. The molecule has 0 unspecified atom stereocenters. The number of esters is 1. The van der Waals surface area contributed by atoms with E-state index in [1.54, 1.807) is 12.1 Å². The predicted molar refractivity (Wildman–Crippen MR) is 161 cm³/mol. The summed E-state index contributed by atoms with van der Waals surface area (Å²) < 4.78 is 17.7. The Morgan fingerprint density at radius 2 is 1.71 bits per heavy atom. The van der Waals surface area contributed by atoms with E-state index in [0.29, 0.717) is 25.1 Å². The van der Waals surface area contributed by atoms with E-state index in [1.165, 1.54) is 7.11 Å². The fourth-order valence-electron chi connectivity index (χ4n) is 4.91. The SMILES string of the molecule is C=CCN(C)C[C@@H]1C[C@H](c2ccc(CO)cc2)O[C@H](c2ccc(NC(=O)N[C@@H](Cc3ccccc3)C(=O)OC)cc2)O1. The van der Waals surface area contributed by atoms with Gasteiger partial charge in [-0.2, -0.15) is 0 Å². The fraction of sp³-hybridized carbons (Fsp3) is 0.333. The minimum absolute atomic E-state index is 0.0126. The van der Waals surface area contributed by atoms with Crippen molar-refractivity contribution >= 4 is 17.7 Å². The van der Waals surface area contributed by atoms with Gasteiger partial charge in [0.15, 0.2) is 6.29 Å². The maximum atomic E-state index is 12.8. The number of aliphatic hydroxyl groups is 1. The summed E-state index contributed by atoms with van der Waals surface area (Å²) in [6.07, 6.45) is 1.96. The molecule has 4 atom stereocenters. The number of anilines is 1. The number of hydrogen-bond acceptors (Lipinski definition) is 7. The van der Waals surface area contributed by atoms with E-state index in [4.69, 9.17) is 14.2 Å². The van der Waals surface area contributed by atoms with Crippen molar-refractivity contribution in [1.29, 1.82) is 0 Å². The van der Waals surface area contributed by atoms with E-state index in [0.717, 1.165) is 28.8 Å². The molecule has 3 N–H and O–H groups in total. The van der Waals surface area contributed by atoms with Crippen LogP contribution in [-0.2, 0) is 32.0 Å². The molecular weight excluding hydrogens is 534 g/mol. The van der Waals surface area contributed by atoms with Crippen molar-refractivity contribution in [3.8, 4) is 0 Å². The van der Waals surface area contributed by atoms with Gasteiger partial charge >= 0.3 is 12.0 Å². The van der Waals surface area contributed by atoms with Crippen molar-refractivity contribution < 1.29 is 28.9 Å². The van der Waals surface area contributed by atoms with E-state index in [-0.39, 0.29) is 18.8 Å². The number of likely N-dealkylation sites (N-methyl/N-ethyl adjacent to an activating group) is 1. The molecule has 2 amide bonds. The van der Waals surface area contributed by atoms with Crippen molar-refractivity contribution in [3.63, 3.8) is 0 Å². The Bertz CT molecular complexity index is 1300. The molecule has 0 aliphatic carbocycles. The van der Waals surface area contributed by atoms with Crippen molar-refractivity contribution in [2.75, 3.05) is 32.6 Å². The van der Waals surface area contributed by atoms with E-state index >= 15 is 0 Å². The van der Waals surface area contributed by atoms with E-state index in [1.807, 2.05) is 79.9 Å². The molecule has 1 aliphatic rings. The molecule has 0 bridgehead atoms. The van der Waals surface area contributed by atoms with Gasteiger partial charge in [-0.3, -0.25) is 0 Å². The molecule has 3 aromatic carbocycles. The van der Waals surface area contributed by atoms with Crippen LogP contribution in [-0.4, -0.2) is 61.4 Å². The van der Waals surface area contributed by atoms with Gasteiger partial charge in [0.05, 0.1) is 25.9 Å². The molecule has 0 radical (unpaired) electrons. The zero-order chi connectivity index (χ0) is 29.9. The first-order chi connectivity index (χ1) is 20.4. The van der Waals surface area contributed by atoms with Crippen LogP contribution in [0.4, 0.5) is 10.5 Å². The molecule has 3 aromatic rings. The molecule has 1 heterocycles. The van der Waals surface area contributed by atoms with Gasteiger partial charge in [0, 0.05) is 37.2 Å². The highest BCUT2D eigenvalue weighted by Crippen LogP contribution is 2.38. The molecule has 42 heavy (non-hydrogen) atoms. The lowest BCUT2D eigenvalue weighted by Gasteiger charge is -2.37. The highest BCUT2D eigenvalue weighted by Gasteiger charge is 2.32. The molecule has 0 aromatic heterocycles. The summed E-state index contributed by atoms with van der Waals surface area (Å²) in [5.41, 5.74) is 4.12. The van der Waals surface area contributed by atoms with Gasteiger partial charge in [0.1, 0.15) is 6.04 Å². The Balaban J connectivity index is 1.43. The largest absolute Gasteiger partial charge is 0.467 e. The number of carbonyl (C=O) groups is 2. The monoisotopic (exact) mass is 573 g/mol. The highest BCUT2D eigenvalue weighted by atomic mass is 16.7. The number of carbonyl (C=O) groups excluding carboxylic acids is 2. The average molecular weight is 574 g/mol. The van der Waals surface area contributed by atoms with Crippen LogP contribution in [0.1, 0.15) is 41.1 Å². The quantitative estimate of drug-likeness (QED) is 0.212. The van der Waals surface area contributed by atoms with Crippen LogP contribution >= 0.6 is 0 Å². The third-order valence-corrected chi connectivity index (χ3v) is 7.09. The van der Waals surface area contributed by atoms with Crippen molar-refractivity contribution in [3.05, 3.63) is 114 Å². The second-order valence-electron chi connectivity index (χ2n) is 10.3. The number of rotatable bonds is 12. The predicted octanol–water partition coefficient (Wildman–Crippen LogP) is 4.75. The first-order valence-electron chi connectivity index (χ1n) is 14.0. The Labute approximate surface area is 247 Å². The number of aliphatic hydroxyl groups excluding tert-OH is 1. The zero-order valence-electron chi connectivity index (χ0n) is 24.1. The first-order valence-corrected chi connectivity index (χ1v) is 14.0. The highest BCUT2D eigenvalue weighted by molar-refractivity contribution is 5.92. The van der Waals surface area contributed by atoms with Gasteiger partial charge in [-0.05, 0) is 35.9 Å². The summed E-state index contributed by atoms with van der Waals surface area (Å²) in [4.78, 5) is 27.2. The Kier molecular flexibility index (Phi) is 11.2. The minimum Gasteiger partial charge on any atom is -0.467 e. The third-order valence-electron chi connectivity index (χ3n) is 7.09. The summed E-state index contributed by atoms with van der Waals surface area (Å²) in [5, 5.41) is 14.9. The lowest BCUT2D eigenvalue weighted by molar-refractivity contribution is -0.252. The normalized spacial score (nSPS) is 19.1. The van der Waals surface area contributed by atoms with Crippen LogP contribution in [0, 0.1) is 0 Å². The Morgan fingerprint density at radius 3 is 2.36 bits per heavy atom. The maximum Gasteiger partial charge on any atom is 0.328 e. The van der Waals surface area contributed by atoms with Gasteiger partial charge in [-0.1, -0.05) is 72.8 Å². The molecule has 0 spiro atoms. The van der Waals surface area contributed by atoms with E-state index in [9.17, 15) is 14.7 Å². The van der Waals surface area contributed by atoms with Crippen LogP contribution in [0.2, 0.25) is 0 Å². The van der Waals surface area contributed by atoms with Crippen molar-refractivity contribution in [1.82, 2.24) is 10.2 Å². The second-order valence-corrected chi connectivity index (χ2v) is 10.3. The number of amides is 2.